The van der Waals surface area contributed by atoms with E-state index in [1.165, 1.54) is 10.4 Å². The summed E-state index contributed by atoms with van der Waals surface area (Å²) < 4.78 is 0. The van der Waals surface area contributed by atoms with E-state index in [0.29, 0.717) is 16.8 Å². The van der Waals surface area contributed by atoms with E-state index in [-0.39, 0.29) is 32.1 Å². The molecule has 0 aliphatic carbocycles. The molecule has 166 valence electrons. The zero-order chi connectivity index (χ0) is 22.9. The summed E-state index contributed by atoms with van der Waals surface area (Å²) in [6.45, 7) is -0.0906. The van der Waals surface area contributed by atoms with Crippen LogP contribution < -0.4 is 16.1 Å². The van der Waals surface area contributed by atoms with E-state index in [0.717, 1.165) is 10.9 Å². The van der Waals surface area contributed by atoms with Crippen molar-refractivity contribution in [3.8, 4) is 0 Å². The number of hydrogen-bond donors (Lipinski definition) is 5. The molecule has 0 unspecified atom stereocenters. The molecule has 1 heterocycles. The fourth-order valence-electron chi connectivity index (χ4n) is 3.14. The Balaban J connectivity index is 1.69. The summed E-state index contributed by atoms with van der Waals surface area (Å²) >= 11 is 0. The third-order valence-electron chi connectivity index (χ3n) is 4.64. The molecule has 3 aromatic rings. The number of para-hydroxylation sites is 1. The SMILES string of the molecule is O=C(CNC(=O)NO)Nc1ccc(CN(CCO)C(=O)c2cccc3cccnc23)cc1. The molecule has 0 saturated heterocycles. The van der Waals surface area contributed by atoms with Gasteiger partial charge in [0.15, 0.2) is 0 Å². The lowest BCUT2D eigenvalue weighted by Crippen LogP contribution is -2.38. The Morgan fingerprint density at radius 3 is 2.47 bits per heavy atom. The van der Waals surface area contributed by atoms with Crippen LogP contribution in [0.15, 0.2) is 60.8 Å². The average molecular weight is 437 g/mol. The molecule has 0 atom stereocenters. The summed E-state index contributed by atoms with van der Waals surface area (Å²) in [5, 5.41) is 23.5. The second kappa shape index (κ2) is 10.8. The highest BCUT2D eigenvalue weighted by Gasteiger charge is 2.19. The van der Waals surface area contributed by atoms with Gasteiger partial charge in [-0.3, -0.25) is 19.8 Å². The van der Waals surface area contributed by atoms with Crippen LogP contribution in [0.5, 0.6) is 0 Å². The molecule has 32 heavy (non-hydrogen) atoms. The van der Waals surface area contributed by atoms with E-state index < -0.39 is 11.9 Å². The number of anilines is 1. The van der Waals surface area contributed by atoms with Crippen LogP contribution in [-0.4, -0.2) is 57.7 Å². The first-order valence-electron chi connectivity index (χ1n) is 9.82. The molecule has 2 aromatic carbocycles. The summed E-state index contributed by atoms with van der Waals surface area (Å²) in [4.78, 5) is 41.7. The Morgan fingerprint density at radius 1 is 1.00 bits per heavy atom. The van der Waals surface area contributed by atoms with Gasteiger partial charge in [0.25, 0.3) is 5.91 Å². The number of fused-ring (bicyclic) bond motifs is 1. The van der Waals surface area contributed by atoms with E-state index in [4.69, 9.17) is 5.21 Å². The van der Waals surface area contributed by atoms with Crippen molar-refractivity contribution in [2.45, 2.75) is 6.54 Å². The van der Waals surface area contributed by atoms with Crippen LogP contribution >= 0.6 is 0 Å². The summed E-state index contributed by atoms with van der Waals surface area (Å²) in [7, 11) is 0. The molecule has 1 aromatic heterocycles. The normalized spacial score (nSPS) is 10.4. The largest absolute Gasteiger partial charge is 0.395 e. The number of rotatable bonds is 8. The molecule has 0 spiro atoms. The molecule has 0 saturated carbocycles. The van der Waals surface area contributed by atoms with Gasteiger partial charge in [0.2, 0.25) is 5.91 Å². The van der Waals surface area contributed by atoms with Crippen LogP contribution in [0.4, 0.5) is 10.5 Å². The van der Waals surface area contributed by atoms with Crippen molar-refractivity contribution < 1.29 is 24.7 Å². The second-order valence-electron chi connectivity index (χ2n) is 6.87. The molecule has 10 heteroatoms. The topological polar surface area (TPSA) is 144 Å². The van der Waals surface area contributed by atoms with Gasteiger partial charge in [-0.05, 0) is 29.8 Å². The second-order valence-corrected chi connectivity index (χ2v) is 6.87. The minimum absolute atomic E-state index is 0.152. The maximum absolute atomic E-state index is 13.2. The highest BCUT2D eigenvalue weighted by Crippen LogP contribution is 2.19. The minimum atomic E-state index is -0.884. The molecule has 0 bridgehead atoms. The van der Waals surface area contributed by atoms with Gasteiger partial charge in [-0.1, -0.05) is 30.3 Å². The number of aliphatic hydroxyl groups is 1. The third-order valence-corrected chi connectivity index (χ3v) is 4.64. The van der Waals surface area contributed by atoms with Crippen molar-refractivity contribution >= 4 is 34.4 Å². The Hall–Kier alpha value is -4.02. The van der Waals surface area contributed by atoms with Gasteiger partial charge < -0.3 is 20.6 Å². The number of benzene rings is 2. The van der Waals surface area contributed by atoms with Crippen LogP contribution in [0.1, 0.15) is 15.9 Å². The minimum Gasteiger partial charge on any atom is -0.395 e. The lowest BCUT2D eigenvalue weighted by Gasteiger charge is -2.22. The molecular weight excluding hydrogens is 414 g/mol. The van der Waals surface area contributed by atoms with Crippen LogP contribution in [0.3, 0.4) is 0 Å². The molecule has 0 radical (unpaired) electrons. The Morgan fingerprint density at radius 2 is 1.75 bits per heavy atom. The third kappa shape index (κ3) is 5.78. The molecule has 10 nitrogen and oxygen atoms in total. The smallest absolute Gasteiger partial charge is 0.338 e. The number of nitrogens with zero attached hydrogens (tertiary/aromatic N) is 2. The highest BCUT2D eigenvalue weighted by atomic mass is 16.5. The van der Waals surface area contributed by atoms with Crippen molar-refractivity contribution in [3.63, 3.8) is 0 Å². The van der Waals surface area contributed by atoms with Crippen LogP contribution in [0.25, 0.3) is 10.9 Å². The van der Waals surface area contributed by atoms with E-state index in [9.17, 15) is 19.5 Å². The molecule has 3 rings (SSSR count). The van der Waals surface area contributed by atoms with E-state index in [1.54, 1.807) is 48.7 Å². The Kier molecular flexibility index (Phi) is 7.68. The van der Waals surface area contributed by atoms with Crippen molar-refractivity contribution in [2.75, 3.05) is 25.0 Å². The predicted octanol–water partition coefficient (Wildman–Crippen LogP) is 1.50. The summed E-state index contributed by atoms with van der Waals surface area (Å²) in [5.41, 5.74) is 3.73. The van der Waals surface area contributed by atoms with Crippen LogP contribution in [0.2, 0.25) is 0 Å². The Labute approximate surface area is 183 Å². The number of amides is 4. The zero-order valence-electron chi connectivity index (χ0n) is 17.1. The van der Waals surface area contributed by atoms with E-state index in [1.807, 2.05) is 12.1 Å². The molecule has 0 aliphatic rings. The van der Waals surface area contributed by atoms with Crippen molar-refractivity contribution in [1.29, 1.82) is 0 Å². The molecular formula is C22H23N5O5. The van der Waals surface area contributed by atoms with Gasteiger partial charge in [-0.15, -0.1) is 0 Å². The van der Waals surface area contributed by atoms with E-state index >= 15 is 0 Å². The number of hydrogen-bond acceptors (Lipinski definition) is 6. The van der Waals surface area contributed by atoms with Gasteiger partial charge in [0.1, 0.15) is 0 Å². The van der Waals surface area contributed by atoms with Gasteiger partial charge >= 0.3 is 6.03 Å². The lowest BCUT2D eigenvalue weighted by molar-refractivity contribution is -0.115. The Bertz CT molecular complexity index is 1100. The van der Waals surface area contributed by atoms with Gasteiger partial charge in [-0.25, -0.2) is 10.3 Å². The summed E-state index contributed by atoms with van der Waals surface area (Å²) in [6, 6.07) is 15.0. The maximum Gasteiger partial charge on any atom is 0.338 e. The predicted molar refractivity (Wildman–Crippen MR) is 117 cm³/mol. The fourth-order valence-corrected chi connectivity index (χ4v) is 3.14. The van der Waals surface area contributed by atoms with E-state index in [2.05, 4.69) is 15.6 Å². The first-order chi connectivity index (χ1) is 15.5. The summed E-state index contributed by atoms with van der Waals surface area (Å²) in [6.07, 6.45) is 1.63. The number of urea groups is 1. The lowest BCUT2D eigenvalue weighted by atomic mass is 10.1. The quantitative estimate of drug-likeness (QED) is 0.267. The molecule has 0 aliphatic heterocycles. The van der Waals surface area contributed by atoms with Gasteiger partial charge in [0, 0.05) is 30.4 Å². The molecule has 5 N–H and O–H groups in total. The zero-order valence-corrected chi connectivity index (χ0v) is 17.1. The van der Waals surface area contributed by atoms with Crippen molar-refractivity contribution in [1.82, 2.24) is 20.7 Å². The number of nitrogens with one attached hydrogen (secondary N) is 3. The maximum atomic E-state index is 13.2. The number of carbonyl (C=O) groups excluding carboxylic acids is 3. The number of hydroxylamine groups is 1. The molecule has 0 fully saturated rings. The van der Waals surface area contributed by atoms with Gasteiger partial charge in [0.05, 0.1) is 24.2 Å². The average Bonchev–Trinajstić information content (AvgIpc) is 2.82. The number of aliphatic hydroxyl groups excluding tert-OH is 1. The standard InChI is InChI=1S/C22H23N5O5/c28-12-11-27(21(30)18-5-1-3-16-4-2-10-23-20(16)18)14-15-6-8-17(9-7-15)25-19(29)13-24-22(31)26-32/h1-10,28,32H,11-14H2,(H,25,29)(H2,24,26,31). The summed E-state index contributed by atoms with van der Waals surface area (Å²) in [5.74, 6) is -0.712. The number of pyridine rings is 1. The number of carbonyl (C=O) groups is 3. The van der Waals surface area contributed by atoms with Crippen molar-refractivity contribution in [3.05, 3.63) is 71.9 Å². The number of aromatic nitrogens is 1. The monoisotopic (exact) mass is 437 g/mol. The fraction of sp³-hybridized carbons (Fsp3) is 0.182. The van der Waals surface area contributed by atoms with Crippen LogP contribution in [0, 0.1) is 0 Å². The van der Waals surface area contributed by atoms with Gasteiger partial charge in [-0.2, -0.15) is 0 Å². The van der Waals surface area contributed by atoms with Crippen molar-refractivity contribution in [2.24, 2.45) is 0 Å². The first kappa shape index (κ1) is 22.7. The first-order valence-corrected chi connectivity index (χ1v) is 9.82. The highest BCUT2D eigenvalue weighted by molar-refractivity contribution is 6.05. The molecule has 4 amide bonds. The van der Waals surface area contributed by atoms with Crippen LogP contribution in [-0.2, 0) is 11.3 Å².